The molecule has 0 radical (unpaired) electrons. The first-order valence-corrected chi connectivity index (χ1v) is 7.15. The van der Waals surface area contributed by atoms with Crippen LogP contribution in [0.4, 0.5) is 0 Å². The maximum absolute atomic E-state index is 12.0. The zero-order chi connectivity index (χ0) is 16.5. The summed E-state index contributed by atoms with van der Waals surface area (Å²) in [5.41, 5.74) is 1.19. The van der Waals surface area contributed by atoms with Gasteiger partial charge < -0.3 is 19.5 Å². The van der Waals surface area contributed by atoms with Gasteiger partial charge in [-0.3, -0.25) is 9.59 Å². The Morgan fingerprint density at radius 1 is 1.23 bits per heavy atom. The molecule has 22 heavy (non-hydrogen) atoms. The van der Waals surface area contributed by atoms with Crippen LogP contribution in [0.15, 0.2) is 24.3 Å². The SMILES string of the molecule is COCCN(CC(=O)O)C(=O)COc1ccc(C(C)C)cc1. The number of carbonyl (C=O) groups excluding carboxylic acids is 1. The first-order valence-electron chi connectivity index (χ1n) is 7.15. The van der Waals surface area contributed by atoms with Crippen LogP contribution in [-0.2, 0) is 14.3 Å². The third kappa shape index (κ3) is 6.13. The van der Waals surface area contributed by atoms with E-state index in [-0.39, 0.29) is 32.2 Å². The second-order valence-corrected chi connectivity index (χ2v) is 5.21. The maximum Gasteiger partial charge on any atom is 0.323 e. The molecule has 0 aromatic heterocycles. The largest absolute Gasteiger partial charge is 0.484 e. The molecule has 1 amide bonds. The van der Waals surface area contributed by atoms with Gasteiger partial charge in [0.25, 0.3) is 5.91 Å². The van der Waals surface area contributed by atoms with E-state index in [0.29, 0.717) is 11.7 Å². The molecule has 0 unspecified atom stereocenters. The molecule has 0 spiro atoms. The standard InChI is InChI=1S/C16H23NO5/c1-12(2)13-4-6-14(7-5-13)22-11-15(18)17(8-9-21-3)10-16(19)20/h4-7,12H,8-11H2,1-3H3,(H,19,20). The van der Waals surface area contributed by atoms with E-state index in [1.807, 2.05) is 12.1 Å². The van der Waals surface area contributed by atoms with Crippen LogP contribution in [0.5, 0.6) is 5.75 Å². The minimum Gasteiger partial charge on any atom is -0.484 e. The van der Waals surface area contributed by atoms with Gasteiger partial charge in [-0.25, -0.2) is 0 Å². The van der Waals surface area contributed by atoms with E-state index in [1.165, 1.54) is 17.6 Å². The van der Waals surface area contributed by atoms with Crippen molar-refractivity contribution in [3.05, 3.63) is 29.8 Å². The Kier molecular flexibility index (Phi) is 7.39. The molecule has 1 aromatic carbocycles. The van der Waals surface area contributed by atoms with E-state index in [0.717, 1.165) is 0 Å². The summed E-state index contributed by atoms with van der Waals surface area (Å²) < 4.78 is 10.3. The molecule has 0 saturated carbocycles. The van der Waals surface area contributed by atoms with Gasteiger partial charge in [0.15, 0.2) is 6.61 Å². The fourth-order valence-electron chi connectivity index (χ4n) is 1.84. The van der Waals surface area contributed by atoms with Crippen LogP contribution >= 0.6 is 0 Å². The number of hydrogen-bond donors (Lipinski definition) is 1. The van der Waals surface area contributed by atoms with Crippen LogP contribution in [0.25, 0.3) is 0 Å². The zero-order valence-corrected chi connectivity index (χ0v) is 13.2. The topological polar surface area (TPSA) is 76.1 Å². The summed E-state index contributed by atoms with van der Waals surface area (Å²) in [7, 11) is 1.50. The number of benzene rings is 1. The van der Waals surface area contributed by atoms with Crippen LogP contribution in [0, 0.1) is 0 Å². The van der Waals surface area contributed by atoms with Gasteiger partial charge in [-0.15, -0.1) is 0 Å². The van der Waals surface area contributed by atoms with Crippen molar-refractivity contribution in [1.82, 2.24) is 4.90 Å². The highest BCUT2D eigenvalue weighted by Crippen LogP contribution is 2.18. The molecular weight excluding hydrogens is 286 g/mol. The Morgan fingerprint density at radius 3 is 2.36 bits per heavy atom. The number of hydrogen-bond acceptors (Lipinski definition) is 4. The van der Waals surface area contributed by atoms with Gasteiger partial charge in [0.05, 0.1) is 6.61 Å². The molecule has 6 nitrogen and oxygen atoms in total. The Balaban J connectivity index is 2.55. The van der Waals surface area contributed by atoms with Crippen LogP contribution < -0.4 is 4.74 Å². The summed E-state index contributed by atoms with van der Waals surface area (Å²) in [6.45, 7) is 4.13. The Morgan fingerprint density at radius 2 is 1.86 bits per heavy atom. The van der Waals surface area contributed by atoms with Gasteiger partial charge in [-0.05, 0) is 23.6 Å². The predicted molar refractivity (Wildman–Crippen MR) is 82.1 cm³/mol. The third-order valence-electron chi connectivity index (χ3n) is 3.15. The minimum atomic E-state index is -1.06. The molecule has 0 heterocycles. The normalized spacial score (nSPS) is 10.5. The highest BCUT2D eigenvalue weighted by molar-refractivity contribution is 5.82. The molecular formula is C16H23NO5. The molecule has 122 valence electrons. The third-order valence-corrected chi connectivity index (χ3v) is 3.15. The highest BCUT2D eigenvalue weighted by Gasteiger charge is 2.17. The van der Waals surface area contributed by atoms with E-state index < -0.39 is 5.97 Å². The molecule has 0 saturated heterocycles. The van der Waals surface area contributed by atoms with Crippen molar-refractivity contribution in [1.29, 1.82) is 0 Å². The fourth-order valence-corrected chi connectivity index (χ4v) is 1.84. The second kappa shape index (κ2) is 9.04. The summed E-state index contributed by atoms with van der Waals surface area (Å²) in [5, 5.41) is 8.82. The molecule has 0 bridgehead atoms. The van der Waals surface area contributed by atoms with Crippen molar-refractivity contribution in [2.45, 2.75) is 19.8 Å². The molecule has 0 aliphatic heterocycles. The maximum atomic E-state index is 12.0. The minimum absolute atomic E-state index is 0.196. The van der Waals surface area contributed by atoms with Crippen LogP contribution in [0.3, 0.4) is 0 Å². The molecule has 0 aliphatic carbocycles. The van der Waals surface area contributed by atoms with E-state index >= 15 is 0 Å². The van der Waals surface area contributed by atoms with Crippen molar-refractivity contribution in [2.24, 2.45) is 0 Å². The lowest BCUT2D eigenvalue weighted by atomic mass is 10.0. The lowest BCUT2D eigenvalue weighted by molar-refractivity contribution is -0.145. The number of carbonyl (C=O) groups is 2. The van der Waals surface area contributed by atoms with E-state index in [4.69, 9.17) is 14.6 Å². The number of nitrogens with zero attached hydrogens (tertiary/aromatic N) is 1. The number of carboxylic acids is 1. The molecule has 1 N–H and O–H groups in total. The van der Waals surface area contributed by atoms with Gasteiger partial charge in [-0.2, -0.15) is 0 Å². The van der Waals surface area contributed by atoms with Gasteiger partial charge in [-0.1, -0.05) is 26.0 Å². The van der Waals surface area contributed by atoms with Gasteiger partial charge in [0, 0.05) is 13.7 Å². The fraction of sp³-hybridized carbons (Fsp3) is 0.500. The number of amides is 1. The second-order valence-electron chi connectivity index (χ2n) is 5.21. The summed E-state index contributed by atoms with van der Waals surface area (Å²) in [6, 6.07) is 7.51. The molecule has 0 fully saturated rings. The summed E-state index contributed by atoms with van der Waals surface area (Å²) >= 11 is 0. The van der Waals surface area contributed by atoms with Crippen molar-refractivity contribution in [3.8, 4) is 5.75 Å². The average Bonchev–Trinajstić information content (AvgIpc) is 2.49. The van der Waals surface area contributed by atoms with Crippen molar-refractivity contribution in [3.63, 3.8) is 0 Å². The quantitative estimate of drug-likeness (QED) is 0.752. The molecule has 0 aliphatic rings. The van der Waals surface area contributed by atoms with Gasteiger partial charge in [0.1, 0.15) is 12.3 Å². The number of rotatable bonds is 9. The molecule has 0 atom stereocenters. The molecule has 1 rings (SSSR count). The Hall–Kier alpha value is -2.08. The van der Waals surface area contributed by atoms with Crippen LogP contribution in [0.1, 0.15) is 25.3 Å². The summed E-state index contributed by atoms with van der Waals surface area (Å²) in [4.78, 5) is 24.0. The van der Waals surface area contributed by atoms with E-state index in [1.54, 1.807) is 12.1 Å². The van der Waals surface area contributed by atoms with Crippen molar-refractivity contribution in [2.75, 3.05) is 33.4 Å². The smallest absolute Gasteiger partial charge is 0.323 e. The van der Waals surface area contributed by atoms with Gasteiger partial charge in [0.2, 0.25) is 0 Å². The number of ether oxygens (including phenoxy) is 2. The lowest BCUT2D eigenvalue weighted by Gasteiger charge is -2.20. The highest BCUT2D eigenvalue weighted by atomic mass is 16.5. The summed E-state index contributed by atoms with van der Waals surface area (Å²) in [5.74, 6) is -0.436. The van der Waals surface area contributed by atoms with E-state index in [9.17, 15) is 9.59 Å². The summed E-state index contributed by atoms with van der Waals surface area (Å²) in [6.07, 6.45) is 0. The number of methoxy groups -OCH3 is 1. The number of aliphatic carboxylic acids is 1. The van der Waals surface area contributed by atoms with Crippen molar-refractivity contribution < 1.29 is 24.2 Å². The van der Waals surface area contributed by atoms with E-state index in [2.05, 4.69) is 13.8 Å². The Labute approximate surface area is 130 Å². The van der Waals surface area contributed by atoms with Crippen molar-refractivity contribution >= 4 is 11.9 Å². The van der Waals surface area contributed by atoms with Gasteiger partial charge >= 0.3 is 5.97 Å². The van der Waals surface area contributed by atoms with Crippen LogP contribution in [-0.4, -0.2) is 55.3 Å². The molecule has 1 aromatic rings. The predicted octanol–water partition coefficient (Wildman–Crippen LogP) is 1.75. The monoisotopic (exact) mass is 309 g/mol. The average molecular weight is 309 g/mol. The zero-order valence-electron chi connectivity index (χ0n) is 13.2. The first-order chi connectivity index (χ1) is 10.4. The molecule has 6 heteroatoms. The lowest BCUT2D eigenvalue weighted by Crippen LogP contribution is -2.40. The van der Waals surface area contributed by atoms with Crippen LogP contribution in [0.2, 0.25) is 0 Å². The first kappa shape index (κ1) is 18.0. The number of carboxylic acid groups (broad SMARTS) is 1. The Bertz CT molecular complexity index is 484.